The van der Waals surface area contributed by atoms with Crippen molar-refractivity contribution in [3.05, 3.63) is 28.8 Å². The highest BCUT2D eigenvalue weighted by atomic mass is 35.5. The van der Waals surface area contributed by atoms with Crippen molar-refractivity contribution >= 4 is 23.4 Å². The van der Waals surface area contributed by atoms with Crippen molar-refractivity contribution in [2.24, 2.45) is 0 Å². The SMILES string of the molecule is N#Cc1ccc(N2CCN(C(=O)O)CC2)c(Cl)c1. The van der Waals surface area contributed by atoms with Crippen LogP contribution in [0.1, 0.15) is 5.56 Å². The Morgan fingerprint density at radius 1 is 1.33 bits per heavy atom. The first kappa shape index (κ1) is 12.5. The molecule has 0 atom stereocenters. The Labute approximate surface area is 110 Å². The maximum absolute atomic E-state index is 10.8. The first-order valence-electron chi connectivity index (χ1n) is 5.54. The molecule has 1 amide bonds. The summed E-state index contributed by atoms with van der Waals surface area (Å²) >= 11 is 6.12. The van der Waals surface area contributed by atoms with Gasteiger partial charge in [0.15, 0.2) is 0 Å². The van der Waals surface area contributed by atoms with Crippen molar-refractivity contribution in [1.82, 2.24) is 4.90 Å². The van der Waals surface area contributed by atoms with Crippen LogP contribution in [0, 0.1) is 11.3 Å². The van der Waals surface area contributed by atoms with E-state index in [1.165, 1.54) is 4.90 Å². The molecule has 0 saturated carbocycles. The number of anilines is 1. The quantitative estimate of drug-likeness (QED) is 0.843. The van der Waals surface area contributed by atoms with E-state index in [0.29, 0.717) is 36.8 Å². The molecular weight excluding hydrogens is 254 g/mol. The number of carbonyl (C=O) groups is 1. The van der Waals surface area contributed by atoms with E-state index < -0.39 is 6.09 Å². The molecule has 2 rings (SSSR count). The second kappa shape index (κ2) is 5.15. The Bertz CT molecular complexity index is 505. The molecule has 5 nitrogen and oxygen atoms in total. The molecule has 1 aromatic carbocycles. The maximum Gasteiger partial charge on any atom is 0.407 e. The molecule has 1 heterocycles. The molecule has 0 radical (unpaired) electrons. The predicted molar refractivity (Wildman–Crippen MR) is 68.0 cm³/mol. The third-order valence-corrected chi connectivity index (χ3v) is 3.27. The topological polar surface area (TPSA) is 67.6 Å². The van der Waals surface area contributed by atoms with Crippen molar-refractivity contribution < 1.29 is 9.90 Å². The number of benzene rings is 1. The summed E-state index contributed by atoms with van der Waals surface area (Å²) in [5.74, 6) is 0. The number of amides is 1. The Hall–Kier alpha value is -1.93. The smallest absolute Gasteiger partial charge is 0.407 e. The van der Waals surface area contributed by atoms with E-state index in [1.807, 2.05) is 11.0 Å². The molecule has 18 heavy (non-hydrogen) atoms. The molecule has 0 unspecified atom stereocenters. The van der Waals surface area contributed by atoms with E-state index in [9.17, 15) is 4.79 Å². The Morgan fingerprint density at radius 3 is 2.50 bits per heavy atom. The van der Waals surface area contributed by atoms with Gasteiger partial charge in [-0.15, -0.1) is 0 Å². The van der Waals surface area contributed by atoms with Crippen LogP contribution in [-0.4, -0.2) is 42.3 Å². The molecule has 94 valence electrons. The molecule has 1 aromatic rings. The zero-order valence-electron chi connectivity index (χ0n) is 9.64. The van der Waals surface area contributed by atoms with Crippen LogP contribution in [0.3, 0.4) is 0 Å². The highest BCUT2D eigenvalue weighted by Gasteiger charge is 2.21. The molecule has 1 saturated heterocycles. The zero-order valence-corrected chi connectivity index (χ0v) is 10.4. The van der Waals surface area contributed by atoms with E-state index in [0.717, 1.165) is 5.69 Å². The minimum Gasteiger partial charge on any atom is -0.465 e. The van der Waals surface area contributed by atoms with Gasteiger partial charge in [-0.25, -0.2) is 4.79 Å². The molecule has 0 bridgehead atoms. The van der Waals surface area contributed by atoms with Crippen molar-refractivity contribution in [3.8, 4) is 6.07 Å². The minimum atomic E-state index is -0.888. The standard InChI is InChI=1S/C12H12ClN3O2/c13-10-7-9(8-14)1-2-11(10)15-3-5-16(6-4-15)12(17)18/h1-2,7H,3-6H2,(H,17,18). The van der Waals surface area contributed by atoms with Crippen molar-refractivity contribution in [3.63, 3.8) is 0 Å². The number of hydrogen-bond acceptors (Lipinski definition) is 3. The summed E-state index contributed by atoms with van der Waals surface area (Å²) in [6.45, 7) is 2.15. The fourth-order valence-electron chi connectivity index (χ4n) is 1.97. The Balaban J connectivity index is 2.10. The maximum atomic E-state index is 10.8. The van der Waals surface area contributed by atoms with Crippen LogP contribution in [-0.2, 0) is 0 Å². The van der Waals surface area contributed by atoms with E-state index in [-0.39, 0.29) is 0 Å². The number of nitriles is 1. The summed E-state index contributed by atoms with van der Waals surface area (Å²) in [7, 11) is 0. The second-order valence-electron chi connectivity index (χ2n) is 4.03. The molecule has 1 aliphatic rings. The predicted octanol–water partition coefficient (Wildman–Crippen LogP) is 2.01. The van der Waals surface area contributed by atoms with Gasteiger partial charge >= 0.3 is 6.09 Å². The van der Waals surface area contributed by atoms with Crippen molar-refractivity contribution in [1.29, 1.82) is 5.26 Å². The normalized spacial score (nSPS) is 15.3. The van der Waals surface area contributed by atoms with E-state index in [2.05, 4.69) is 0 Å². The number of hydrogen-bond donors (Lipinski definition) is 1. The van der Waals surface area contributed by atoms with Crippen molar-refractivity contribution in [2.45, 2.75) is 0 Å². The summed E-state index contributed by atoms with van der Waals surface area (Å²) in [5, 5.41) is 18.2. The van der Waals surface area contributed by atoms with Gasteiger partial charge in [-0.1, -0.05) is 11.6 Å². The summed E-state index contributed by atoms with van der Waals surface area (Å²) < 4.78 is 0. The van der Waals surface area contributed by atoms with Gasteiger partial charge in [0.05, 0.1) is 22.3 Å². The van der Waals surface area contributed by atoms with Gasteiger partial charge in [-0.2, -0.15) is 5.26 Å². The van der Waals surface area contributed by atoms with Crippen LogP contribution in [0.5, 0.6) is 0 Å². The average Bonchev–Trinajstić information content (AvgIpc) is 2.38. The highest BCUT2D eigenvalue weighted by molar-refractivity contribution is 6.33. The largest absolute Gasteiger partial charge is 0.465 e. The Morgan fingerprint density at radius 2 is 2.00 bits per heavy atom. The van der Waals surface area contributed by atoms with Crippen LogP contribution < -0.4 is 4.90 Å². The zero-order chi connectivity index (χ0) is 13.1. The number of halogens is 1. The van der Waals surface area contributed by atoms with E-state index in [4.69, 9.17) is 22.0 Å². The Kier molecular flexibility index (Phi) is 3.58. The third-order valence-electron chi connectivity index (χ3n) is 2.97. The highest BCUT2D eigenvalue weighted by Crippen LogP contribution is 2.27. The molecule has 0 aliphatic carbocycles. The van der Waals surface area contributed by atoms with Crippen LogP contribution in [0.2, 0.25) is 5.02 Å². The summed E-state index contributed by atoms with van der Waals surface area (Å²) in [6, 6.07) is 7.17. The van der Waals surface area contributed by atoms with Gasteiger partial charge in [0.2, 0.25) is 0 Å². The molecule has 0 spiro atoms. The van der Waals surface area contributed by atoms with Crippen molar-refractivity contribution in [2.75, 3.05) is 31.1 Å². The lowest BCUT2D eigenvalue weighted by atomic mass is 10.2. The molecule has 1 fully saturated rings. The lowest BCUT2D eigenvalue weighted by Crippen LogP contribution is -2.48. The molecule has 6 heteroatoms. The minimum absolute atomic E-state index is 0.464. The molecule has 0 aromatic heterocycles. The average molecular weight is 266 g/mol. The monoisotopic (exact) mass is 265 g/mol. The van der Waals surface area contributed by atoms with Crippen LogP contribution in [0.15, 0.2) is 18.2 Å². The third kappa shape index (κ3) is 2.49. The fourth-order valence-corrected chi connectivity index (χ4v) is 2.27. The molecule has 1 N–H and O–H groups in total. The van der Waals surface area contributed by atoms with Gasteiger partial charge in [-0.05, 0) is 18.2 Å². The van der Waals surface area contributed by atoms with Gasteiger partial charge in [0, 0.05) is 26.2 Å². The number of rotatable bonds is 1. The second-order valence-corrected chi connectivity index (χ2v) is 4.44. The lowest BCUT2D eigenvalue weighted by molar-refractivity contribution is 0.142. The van der Waals surface area contributed by atoms with Gasteiger partial charge in [0.25, 0.3) is 0 Å². The molecular formula is C12H12ClN3O2. The number of carboxylic acid groups (broad SMARTS) is 1. The fraction of sp³-hybridized carbons (Fsp3) is 0.333. The molecule has 1 aliphatic heterocycles. The van der Waals surface area contributed by atoms with Gasteiger partial charge in [0.1, 0.15) is 0 Å². The number of piperazine rings is 1. The van der Waals surface area contributed by atoms with Crippen LogP contribution in [0.4, 0.5) is 10.5 Å². The van der Waals surface area contributed by atoms with Crippen LogP contribution >= 0.6 is 11.6 Å². The summed E-state index contributed by atoms with van der Waals surface area (Å²) in [6.07, 6.45) is -0.888. The first-order valence-corrected chi connectivity index (χ1v) is 5.92. The van der Waals surface area contributed by atoms with E-state index in [1.54, 1.807) is 18.2 Å². The summed E-state index contributed by atoms with van der Waals surface area (Å²) in [4.78, 5) is 14.2. The van der Waals surface area contributed by atoms with Crippen LogP contribution in [0.25, 0.3) is 0 Å². The van der Waals surface area contributed by atoms with E-state index >= 15 is 0 Å². The first-order chi connectivity index (χ1) is 8.61. The summed E-state index contributed by atoms with van der Waals surface area (Å²) in [5.41, 5.74) is 1.37. The van der Waals surface area contributed by atoms with Gasteiger partial charge < -0.3 is 14.9 Å². The number of nitrogens with zero attached hydrogens (tertiary/aromatic N) is 3. The lowest BCUT2D eigenvalue weighted by Gasteiger charge is -2.35. The van der Waals surface area contributed by atoms with Gasteiger partial charge in [-0.3, -0.25) is 0 Å².